The quantitative estimate of drug-likeness (QED) is 0.768. The fraction of sp³-hybridized carbons (Fsp3) is 0.667. The van der Waals surface area contributed by atoms with E-state index in [9.17, 15) is 0 Å². The van der Waals surface area contributed by atoms with Crippen molar-refractivity contribution >= 4 is 0 Å². The summed E-state index contributed by atoms with van der Waals surface area (Å²) in [6, 6.07) is 12.1. The highest BCUT2D eigenvalue weighted by Crippen LogP contribution is 2.15. The summed E-state index contributed by atoms with van der Waals surface area (Å²) in [6.45, 7) is 10.1. The first-order valence-corrected chi connectivity index (χ1v) is 8.21. The SMILES string of the molecule is COCCN1CCN([C@H](C)CCc2ccccc2)C[C@H]1C. The topological polar surface area (TPSA) is 15.7 Å². The Morgan fingerprint density at radius 1 is 1.24 bits per heavy atom. The Morgan fingerprint density at radius 2 is 2.00 bits per heavy atom. The molecule has 21 heavy (non-hydrogen) atoms. The molecule has 118 valence electrons. The third-order valence-corrected chi connectivity index (χ3v) is 4.70. The van der Waals surface area contributed by atoms with Crippen LogP contribution in [0.3, 0.4) is 0 Å². The maximum atomic E-state index is 5.20. The van der Waals surface area contributed by atoms with Crippen molar-refractivity contribution in [3.8, 4) is 0 Å². The van der Waals surface area contributed by atoms with Gasteiger partial charge in [-0.2, -0.15) is 0 Å². The molecule has 0 aromatic heterocycles. The number of hydrogen-bond acceptors (Lipinski definition) is 3. The van der Waals surface area contributed by atoms with E-state index in [1.165, 1.54) is 38.0 Å². The normalized spacial score (nSPS) is 22.3. The highest BCUT2D eigenvalue weighted by molar-refractivity contribution is 5.14. The van der Waals surface area contributed by atoms with Gasteiger partial charge in [0, 0.05) is 45.4 Å². The van der Waals surface area contributed by atoms with Crippen molar-refractivity contribution in [2.45, 2.75) is 38.8 Å². The smallest absolute Gasteiger partial charge is 0.0589 e. The largest absolute Gasteiger partial charge is 0.383 e. The fourth-order valence-corrected chi connectivity index (χ4v) is 3.17. The fourth-order valence-electron chi connectivity index (χ4n) is 3.17. The summed E-state index contributed by atoms with van der Waals surface area (Å²) in [5.74, 6) is 0. The average molecular weight is 290 g/mol. The molecule has 1 saturated heterocycles. The summed E-state index contributed by atoms with van der Waals surface area (Å²) >= 11 is 0. The van der Waals surface area contributed by atoms with E-state index in [0.29, 0.717) is 12.1 Å². The molecule has 0 saturated carbocycles. The Morgan fingerprint density at radius 3 is 2.67 bits per heavy atom. The molecular formula is C18H30N2O. The zero-order valence-electron chi connectivity index (χ0n) is 13.8. The summed E-state index contributed by atoms with van der Waals surface area (Å²) in [5.41, 5.74) is 1.45. The van der Waals surface area contributed by atoms with Crippen molar-refractivity contribution in [2.24, 2.45) is 0 Å². The molecule has 1 aliphatic heterocycles. The molecular weight excluding hydrogens is 260 g/mol. The average Bonchev–Trinajstić information content (AvgIpc) is 2.52. The third-order valence-electron chi connectivity index (χ3n) is 4.70. The maximum Gasteiger partial charge on any atom is 0.0589 e. The van der Waals surface area contributed by atoms with Crippen LogP contribution < -0.4 is 0 Å². The van der Waals surface area contributed by atoms with E-state index < -0.39 is 0 Å². The van der Waals surface area contributed by atoms with Crippen LogP contribution in [-0.2, 0) is 11.2 Å². The molecule has 0 bridgehead atoms. The molecule has 1 fully saturated rings. The second-order valence-electron chi connectivity index (χ2n) is 6.25. The van der Waals surface area contributed by atoms with E-state index in [1.807, 2.05) is 0 Å². The van der Waals surface area contributed by atoms with Crippen LogP contribution in [0.15, 0.2) is 30.3 Å². The Balaban J connectivity index is 1.75. The first-order chi connectivity index (χ1) is 10.2. The van der Waals surface area contributed by atoms with Gasteiger partial charge in [-0.3, -0.25) is 9.80 Å². The monoisotopic (exact) mass is 290 g/mol. The minimum absolute atomic E-state index is 0.632. The zero-order valence-corrected chi connectivity index (χ0v) is 13.8. The lowest BCUT2D eigenvalue weighted by Gasteiger charge is -2.42. The van der Waals surface area contributed by atoms with E-state index in [2.05, 4.69) is 54.0 Å². The molecule has 3 nitrogen and oxygen atoms in total. The molecule has 0 radical (unpaired) electrons. The van der Waals surface area contributed by atoms with Gasteiger partial charge in [0.25, 0.3) is 0 Å². The molecule has 1 aromatic rings. The van der Waals surface area contributed by atoms with E-state index in [4.69, 9.17) is 4.74 Å². The van der Waals surface area contributed by atoms with Crippen molar-refractivity contribution < 1.29 is 4.74 Å². The summed E-state index contributed by atoms with van der Waals surface area (Å²) in [7, 11) is 1.78. The van der Waals surface area contributed by atoms with Crippen molar-refractivity contribution in [1.29, 1.82) is 0 Å². The van der Waals surface area contributed by atoms with Crippen LogP contribution in [-0.4, -0.2) is 61.8 Å². The molecule has 0 amide bonds. The number of hydrogen-bond donors (Lipinski definition) is 0. The van der Waals surface area contributed by atoms with Gasteiger partial charge in [0.05, 0.1) is 6.61 Å². The number of nitrogens with zero attached hydrogens (tertiary/aromatic N) is 2. The van der Waals surface area contributed by atoms with Crippen molar-refractivity contribution in [1.82, 2.24) is 9.80 Å². The number of benzene rings is 1. The minimum atomic E-state index is 0.632. The van der Waals surface area contributed by atoms with Crippen molar-refractivity contribution in [3.63, 3.8) is 0 Å². The highest BCUT2D eigenvalue weighted by atomic mass is 16.5. The van der Waals surface area contributed by atoms with Crippen molar-refractivity contribution in [2.75, 3.05) is 39.9 Å². The summed E-state index contributed by atoms with van der Waals surface area (Å²) in [6.07, 6.45) is 2.43. The van der Waals surface area contributed by atoms with E-state index >= 15 is 0 Å². The van der Waals surface area contributed by atoms with Crippen LogP contribution in [0, 0.1) is 0 Å². The molecule has 3 heteroatoms. The molecule has 2 atom stereocenters. The summed E-state index contributed by atoms with van der Waals surface area (Å²) < 4.78 is 5.20. The van der Waals surface area contributed by atoms with E-state index in [-0.39, 0.29) is 0 Å². The second kappa shape index (κ2) is 8.52. The molecule has 1 aromatic carbocycles. The first kappa shape index (κ1) is 16.5. The lowest BCUT2D eigenvalue weighted by molar-refractivity contribution is 0.0405. The number of aryl methyl sites for hydroxylation is 1. The van der Waals surface area contributed by atoms with Crippen molar-refractivity contribution in [3.05, 3.63) is 35.9 Å². The zero-order chi connectivity index (χ0) is 15.1. The number of ether oxygens (including phenoxy) is 1. The molecule has 1 aliphatic rings. The predicted molar refractivity (Wildman–Crippen MR) is 88.7 cm³/mol. The Hall–Kier alpha value is -0.900. The van der Waals surface area contributed by atoms with Gasteiger partial charge in [0.1, 0.15) is 0 Å². The van der Waals surface area contributed by atoms with Gasteiger partial charge >= 0.3 is 0 Å². The molecule has 1 heterocycles. The second-order valence-corrected chi connectivity index (χ2v) is 6.25. The van der Waals surface area contributed by atoms with Crippen LogP contribution in [0.1, 0.15) is 25.8 Å². The number of piperazine rings is 1. The van der Waals surface area contributed by atoms with Crippen LogP contribution >= 0.6 is 0 Å². The Kier molecular flexibility index (Phi) is 6.68. The predicted octanol–water partition coefficient (Wildman–Crippen LogP) is 2.66. The molecule has 0 unspecified atom stereocenters. The highest BCUT2D eigenvalue weighted by Gasteiger charge is 2.25. The van der Waals surface area contributed by atoms with Crippen LogP contribution in [0.5, 0.6) is 0 Å². The summed E-state index contributed by atoms with van der Waals surface area (Å²) in [4.78, 5) is 5.20. The van der Waals surface area contributed by atoms with Gasteiger partial charge in [0.2, 0.25) is 0 Å². The standard InChI is InChI=1S/C18H30N2O/c1-16(9-10-18-7-5-4-6-8-18)20-12-11-19(13-14-21-3)17(2)15-20/h4-8,16-17H,9-15H2,1-3H3/t16-,17-/m1/s1. The van der Waals surface area contributed by atoms with Crippen LogP contribution in [0.2, 0.25) is 0 Å². The van der Waals surface area contributed by atoms with Crippen LogP contribution in [0.25, 0.3) is 0 Å². The van der Waals surface area contributed by atoms with E-state index in [1.54, 1.807) is 7.11 Å². The molecule has 0 N–H and O–H groups in total. The lowest BCUT2D eigenvalue weighted by atomic mass is 10.0. The number of methoxy groups -OCH3 is 1. The lowest BCUT2D eigenvalue weighted by Crippen LogP contribution is -2.54. The van der Waals surface area contributed by atoms with Gasteiger partial charge in [-0.1, -0.05) is 30.3 Å². The summed E-state index contributed by atoms with van der Waals surface area (Å²) in [5, 5.41) is 0. The maximum absolute atomic E-state index is 5.20. The van der Waals surface area contributed by atoms with E-state index in [0.717, 1.165) is 13.2 Å². The van der Waals surface area contributed by atoms with Gasteiger partial charge in [0.15, 0.2) is 0 Å². The third kappa shape index (κ3) is 5.10. The molecule has 0 spiro atoms. The number of rotatable bonds is 7. The van der Waals surface area contributed by atoms with Gasteiger partial charge < -0.3 is 4.74 Å². The van der Waals surface area contributed by atoms with Gasteiger partial charge in [-0.25, -0.2) is 0 Å². The Bertz CT molecular complexity index is 395. The molecule has 0 aliphatic carbocycles. The molecule has 2 rings (SSSR count). The Labute approximate surface area is 129 Å². The van der Waals surface area contributed by atoms with Gasteiger partial charge in [-0.05, 0) is 32.3 Å². The first-order valence-electron chi connectivity index (χ1n) is 8.21. The van der Waals surface area contributed by atoms with Crippen LogP contribution in [0.4, 0.5) is 0 Å². The van der Waals surface area contributed by atoms with Gasteiger partial charge in [-0.15, -0.1) is 0 Å². The minimum Gasteiger partial charge on any atom is -0.383 e.